The maximum Gasteiger partial charge on any atom is 0.137 e. The van der Waals surface area contributed by atoms with E-state index in [-0.39, 0.29) is 0 Å². The molecule has 2 aromatic rings. The number of aromatic nitrogens is 2. The van der Waals surface area contributed by atoms with Gasteiger partial charge in [-0.2, -0.15) is 10.4 Å². The normalized spacial score (nSPS) is 10.2. The third kappa shape index (κ3) is 2.71. The van der Waals surface area contributed by atoms with Crippen molar-refractivity contribution >= 4 is 21.6 Å². The molecule has 19 heavy (non-hydrogen) atoms. The van der Waals surface area contributed by atoms with E-state index in [1.54, 1.807) is 22.9 Å². The third-order valence-corrected chi connectivity index (χ3v) is 3.78. The molecule has 0 fully saturated rings. The number of nitrogens with zero attached hydrogens (tertiary/aromatic N) is 3. The van der Waals surface area contributed by atoms with Gasteiger partial charge < -0.3 is 10.5 Å². The number of nitrogen functional groups attached to an aromatic ring is 1. The van der Waals surface area contributed by atoms with E-state index in [0.717, 1.165) is 15.9 Å². The van der Waals surface area contributed by atoms with E-state index in [1.165, 1.54) is 0 Å². The molecule has 0 aliphatic rings. The van der Waals surface area contributed by atoms with Gasteiger partial charge in [0.1, 0.15) is 18.4 Å². The van der Waals surface area contributed by atoms with Gasteiger partial charge in [-0.1, -0.05) is 0 Å². The highest BCUT2D eigenvalue weighted by Gasteiger charge is 2.12. The highest BCUT2D eigenvalue weighted by Crippen LogP contribution is 2.25. The molecule has 2 N–H and O–H groups in total. The number of aryl methyl sites for hydroxylation is 2. The maximum absolute atomic E-state index is 9.04. The molecule has 0 saturated heterocycles. The number of nitrogens with two attached hydrogens (primary N) is 1. The highest BCUT2D eigenvalue weighted by molar-refractivity contribution is 9.10. The van der Waals surface area contributed by atoms with Crippen molar-refractivity contribution in [3.8, 4) is 11.8 Å². The Morgan fingerprint density at radius 1 is 1.53 bits per heavy atom. The summed E-state index contributed by atoms with van der Waals surface area (Å²) in [4.78, 5) is 0. The fourth-order valence-electron chi connectivity index (χ4n) is 1.74. The minimum Gasteiger partial charge on any atom is -0.486 e. The molecule has 1 aromatic carbocycles. The summed E-state index contributed by atoms with van der Waals surface area (Å²) in [5.41, 5.74) is 8.42. The second-order valence-electron chi connectivity index (χ2n) is 4.13. The molecule has 1 heterocycles. The van der Waals surface area contributed by atoms with Gasteiger partial charge in [0.15, 0.2) is 0 Å². The molecule has 0 amide bonds. The Hall–Kier alpha value is -2.00. The van der Waals surface area contributed by atoms with Crippen molar-refractivity contribution in [2.24, 2.45) is 7.05 Å². The van der Waals surface area contributed by atoms with Crippen molar-refractivity contribution in [3.63, 3.8) is 0 Å². The third-order valence-electron chi connectivity index (χ3n) is 2.75. The first-order valence-corrected chi connectivity index (χ1v) is 6.42. The summed E-state index contributed by atoms with van der Waals surface area (Å²) in [5.74, 6) is 0.516. The van der Waals surface area contributed by atoms with Gasteiger partial charge in [0.25, 0.3) is 0 Å². The predicted molar refractivity (Wildman–Crippen MR) is 75.5 cm³/mol. The van der Waals surface area contributed by atoms with Crippen LogP contribution in [-0.2, 0) is 13.7 Å². The summed E-state index contributed by atoms with van der Waals surface area (Å²) in [6.45, 7) is 2.24. The van der Waals surface area contributed by atoms with Crippen molar-refractivity contribution in [1.29, 1.82) is 5.26 Å². The van der Waals surface area contributed by atoms with Crippen LogP contribution in [0.25, 0.3) is 0 Å². The first-order chi connectivity index (χ1) is 9.02. The summed E-state index contributed by atoms with van der Waals surface area (Å²) in [6, 6.07) is 7.07. The Labute approximate surface area is 119 Å². The van der Waals surface area contributed by atoms with Crippen LogP contribution >= 0.6 is 15.9 Å². The molecular weight excluding hydrogens is 308 g/mol. The summed E-state index contributed by atoms with van der Waals surface area (Å²) in [5, 5.41) is 13.3. The van der Waals surface area contributed by atoms with Crippen molar-refractivity contribution in [2.75, 3.05) is 5.73 Å². The number of ether oxygens (including phenoxy) is 1. The van der Waals surface area contributed by atoms with E-state index in [0.29, 0.717) is 23.6 Å². The average Bonchev–Trinajstić information content (AvgIpc) is 2.62. The monoisotopic (exact) mass is 320 g/mol. The SMILES string of the molecule is Cc1nn(C)c(COc2ccc(N)cc2C#N)c1Br. The molecule has 0 aliphatic heterocycles. The molecule has 1 aromatic heterocycles. The van der Waals surface area contributed by atoms with Crippen molar-refractivity contribution in [1.82, 2.24) is 9.78 Å². The van der Waals surface area contributed by atoms with Crippen LogP contribution in [-0.4, -0.2) is 9.78 Å². The van der Waals surface area contributed by atoms with Crippen molar-refractivity contribution in [3.05, 3.63) is 39.6 Å². The van der Waals surface area contributed by atoms with Crippen LogP contribution in [0.4, 0.5) is 5.69 Å². The maximum atomic E-state index is 9.04. The Kier molecular flexibility index (Phi) is 3.76. The fourth-order valence-corrected chi connectivity index (χ4v) is 2.19. The minimum atomic E-state index is 0.330. The van der Waals surface area contributed by atoms with Gasteiger partial charge in [0.2, 0.25) is 0 Å². The molecule has 0 spiro atoms. The standard InChI is InChI=1S/C13H13BrN4O/c1-8-13(14)11(18(2)17-8)7-19-12-4-3-10(16)5-9(12)6-15/h3-5H,7,16H2,1-2H3. The van der Waals surface area contributed by atoms with Crippen LogP contribution in [0.3, 0.4) is 0 Å². The van der Waals surface area contributed by atoms with E-state index >= 15 is 0 Å². The molecule has 0 aliphatic carbocycles. The van der Waals surface area contributed by atoms with Crippen LogP contribution < -0.4 is 10.5 Å². The van der Waals surface area contributed by atoms with Crippen LogP contribution in [0.1, 0.15) is 17.0 Å². The lowest BCUT2D eigenvalue weighted by molar-refractivity contribution is 0.293. The fraction of sp³-hybridized carbons (Fsp3) is 0.231. The number of halogens is 1. The molecule has 6 heteroatoms. The number of anilines is 1. The molecular formula is C13H13BrN4O. The zero-order chi connectivity index (χ0) is 14.0. The molecule has 0 unspecified atom stereocenters. The molecule has 2 rings (SSSR count). The number of rotatable bonds is 3. The summed E-state index contributed by atoms with van der Waals surface area (Å²) < 4.78 is 8.35. The quantitative estimate of drug-likeness (QED) is 0.881. The van der Waals surface area contributed by atoms with Crippen LogP contribution in [0.15, 0.2) is 22.7 Å². The van der Waals surface area contributed by atoms with Crippen molar-refractivity contribution < 1.29 is 4.74 Å². The zero-order valence-electron chi connectivity index (χ0n) is 10.6. The molecule has 0 radical (unpaired) electrons. The first kappa shape index (κ1) is 13.4. The Morgan fingerprint density at radius 2 is 2.26 bits per heavy atom. The van der Waals surface area contributed by atoms with E-state index in [4.69, 9.17) is 15.7 Å². The lowest BCUT2D eigenvalue weighted by atomic mass is 10.2. The second kappa shape index (κ2) is 5.33. The van der Waals surface area contributed by atoms with Crippen LogP contribution in [0.5, 0.6) is 5.75 Å². The molecule has 0 atom stereocenters. The highest BCUT2D eigenvalue weighted by atomic mass is 79.9. The topological polar surface area (TPSA) is 76.9 Å². The number of hydrogen-bond donors (Lipinski definition) is 1. The van der Waals surface area contributed by atoms with E-state index in [9.17, 15) is 0 Å². The predicted octanol–water partition coefficient (Wildman–Crippen LogP) is 2.52. The largest absolute Gasteiger partial charge is 0.486 e. The second-order valence-corrected chi connectivity index (χ2v) is 4.92. The van der Waals surface area contributed by atoms with Crippen LogP contribution in [0.2, 0.25) is 0 Å². The van der Waals surface area contributed by atoms with Gasteiger partial charge >= 0.3 is 0 Å². The summed E-state index contributed by atoms with van der Waals surface area (Å²) in [6.07, 6.45) is 0. The average molecular weight is 321 g/mol. The number of nitriles is 1. The van der Waals surface area contributed by atoms with E-state index < -0.39 is 0 Å². The zero-order valence-corrected chi connectivity index (χ0v) is 12.2. The van der Waals surface area contributed by atoms with Gasteiger partial charge in [-0.3, -0.25) is 4.68 Å². The van der Waals surface area contributed by atoms with E-state index in [1.807, 2.05) is 14.0 Å². The summed E-state index contributed by atoms with van der Waals surface area (Å²) >= 11 is 3.47. The Bertz CT molecular complexity index is 657. The number of benzene rings is 1. The molecule has 5 nitrogen and oxygen atoms in total. The smallest absolute Gasteiger partial charge is 0.137 e. The lowest BCUT2D eigenvalue weighted by Gasteiger charge is -2.09. The number of hydrogen-bond acceptors (Lipinski definition) is 4. The van der Waals surface area contributed by atoms with Crippen molar-refractivity contribution in [2.45, 2.75) is 13.5 Å². The molecule has 98 valence electrons. The van der Waals surface area contributed by atoms with Gasteiger partial charge in [-0.25, -0.2) is 0 Å². The van der Waals surface area contributed by atoms with Gasteiger partial charge in [0.05, 0.1) is 21.4 Å². The summed E-state index contributed by atoms with van der Waals surface area (Å²) in [7, 11) is 1.85. The van der Waals surface area contributed by atoms with Gasteiger partial charge in [0, 0.05) is 12.7 Å². The minimum absolute atomic E-state index is 0.330. The van der Waals surface area contributed by atoms with Crippen LogP contribution in [0, 0.1) is 18.3 Å². The molecule has 0 bridgehead atoms. The first-order valence-electron chi connectivity index (χ1n) is 5.63. The molecule has 0 saturated carbocycles. The van der Waals surface area contributed by atoms with E-state index in [2.05, 4.69) is 27.1 Å². The van der Waals surface area contributed by atoms with Gasteiger partial charge in [-0.05, 0) is 41.1 Å². The van der Waals surface area contributed by atoms with Gasteiger partial charge in [-0.15, -0.1) is 0 Å². The Morgan fingerprint density at radius 3 is 2.84 bits per heavy atom. The Balaban J connectivity index is 2.22. The lowest BCUT2D eigenvalue weighted by Crippen LogP contribution is -2.04.